The smallest absolute Gasteiger partial charge is 0.271 e. The monoisotopic (exact) mass is 367 g/mol. The van der Waals surface area contributed by atoms with E-state index in [9.17, 15) is 4.79 Å². The maximum Gasteiger partial charge on any atom is 0.271 e. The van der Waals surface area contributed by atoms with Crippen molar-refractivity contribution >= 4 is 23.5 Å². The molecule has 2 aliphatic heterocycles. The highest BCUT2D eigenvalue weighted by Gasteiger charge is 2.23. The fraction of sp³-hybridized carbons (Fsp3) is 0.706. The summed E-state index contributed by atoms with van der Waals surface area (Å²) < 4.78 is 5.72. The Morgan fingerprint density at radius 3 is 2.68 bits per heavy atom. The summed E-state index contributed by atoms with van der Waals surface area (Å²) >= 11 is 6.13. The minimum absolute atomic E-state index is 0.221. The van der Waals surface area contributed by atoms with Gasteiger partial charge in [0.05, 0.1) is 23.4 Å². The zero-order valence-electron chi connectivity index (χ0n) is 14.9. The summed E-state index contributed by atoms with van der Waals surface area (Å²) in [6.45, 7) is 9.10. The molecule has 2 saturated heterocycles. The van der Waals surface area contributed by atoms with Crippen LogP contribution in [0.3, 0.4) is 0 Å². The molecular formula is C17H26ClN5O2. The lowest BCUT2D eigenvalue weighted by atomic mass is 10.2. The van der Waals surface area contributed by atoms with Crippen LogP contribution in [-0.2, 0) is 4.74 Å². The molecule has 1 N–H and O–H groups in total. The van der Waals surface area contributed by atoms with Gasteiger partial charge in [0.2, 0.25) is 5.95 Å². The number of rotatable bonds is 5. The van der Waals surface area contributed by atoms with Crippen LogP contribution in [0.1, 0.15) is 37.2 Å². The Morgan fingerprint density at radius 2 is 2.00 bits per heavy atom. The molecule has 0 aromatic carbocycles. The number of hydrogen-bond donors (Lipinski definition) is 1. The van der Waals surface area contributed by atoms with Crippen LogP contribution in [0.5, 0.6) is 0 Å². The number of carbonyl (C=O) groups excluding carboxylic acids is 1. The van der Waals surface area contributed by atoms with Gasteiger partial charge in [0, 0.05) is 39.3 Å². The van der Waals surface area contributed by atoms with Gasteiger partial charge in [-0.3, -0.25) is 9.69 Å². The molecule has 2 atom stereocenters. The molecule has 0 spiro atoms. The van der Waals surface area contributed by atoms with Crippen molar-refractivity contribution in [2.75, 3.05) is 44.2 Å². The lowest BCUT2D eigenvalue weighted by molar-refractivity contribution is -0.0672. The maximum atomic E-state index is 12.5. The van der Waals surface area contributed by atoms with E-state index in [0.29, 0.717) is 12.5 Å². The first-order chi connectivity index (χ1) is 12.0. The molecule has 0 saturated carbocycles. The van der Waals surface area contributed by atoms with Crippen molar-refractivity contribution in [2.24, 2.45) is 0 Å². The first-order valence-corrected chi connectivity index (χ1v) is 9.34. The number of nitrogens with one attached hydrogen (secondary N) is 1. The van der Waals surface area contributed by atoms with E-state index in [1.165, 1.54) is 6.20 Å². The van der Waals surface area contributed by atoms with Crippen LogP contribution in [0.4, 0.5) is 5.95 Å². The number of carbonyl (C=O) groups is 1. The van der Waals surface area contributed by atoms with Crippen molar-refractivity contribution in [3.8, 4) is 0 Å². The molecule has 2 aliphatic rings. The minimum Gasteiger partial charge on any atom is -0.373 e. The van der Waals surface area contributed by atoms with E-state index >= 15 is 0 Å². The summed E-state index contributed by atoms with van der Waals surface area (Å²) in [6.07, 6.45) is 4.22. The molecule has 2 fully saturated rings. The van der Waals surface area contributed by atoms with Crippen LogP contribution in [-0.4, -0.2) is 72.3 Å². The third-order valence-corrected chi connectivity index (χ3v) is 4.82. The number of morpholine rings is 1. The average Bonchev–Trinajstić information content (AvgIpc) is 3.08. The van der Waals surface area contributed by atoms with E-state index in [2.05, 4.69) is 38.9 Å². The van der Waals surface area contributed by atoms with Gasteiger partial charge < -0.3 is 15.0 Å². The molecule has 3 heterocycles. The Bertz CT molecular complexity index is 599. The summed E-state index contributed by atoms with van der Waals surface area (Å²) in [6, 6.07) is 0. The Hall–Kier alpha value is -1.44. The van der Waals surface area contributed by atoms with Gasteiger partial charge in [-0.15, -0.1) is 0 Å². The molecule has 1 aromatic heterocycles. The van der Waals surface area contributed by atoms with Crippen LogP contribution in [0.15, 0.2) is 6.20 Å². The van der Waals surface area contributed by atoms with Crippen molar-refractivity contribution in [1.82, 2.24) is 20.2 Å². The number of halogens is 1. The Labute approximate surface area is 153 Å². The number of aromatic nitrogens is 2. The van der Waals surface area contributed by atoms with E-state index in [0.717, 1.165) is 45.6 Å². The predicted molar refractivity (Wildman–Crippen MR) is 97.3 cm³/mol. The number of amides is 1. The van der Waals surface area contributed by atoms with Gasteiger partial charge in [-0.1, -0.05) is 11.6 Å². The molecule has 138 valence electrons. The lowest BCUT2D eigenvalue weighted by Gasteiger charge is -2.35. The van der Waals surface area contributed by atoms with Crippen LogP contribution in [0.25, 0.3) is 0 Å². The SMILES string of the molecule is C[C@H]1CN(CCNC(=O)c2nc(N3CCCC3)ncc2Cl)C[C@H](C)O1. The van der Waals surface area contributed by atoms with E-state index in [1.807, 2.05) is 0 Å². The van der Waals surface area contributed by atoms with E-state index in [-0.39, 0.29) is 28.8 Å². The second-order valence-corrected chi connectivity index (χ2v) is 7.24. The normalized spacial score (nSPS) is 24.5. The van der Waals surface area contributed by atoms with Gasteiger partial charge in [-0.25, -0.2) is 9.97 Å². The van der Waals surface area contributed by atoms with Crippen molar-refractivity contribution < 1.29 is 9.53 Å². The number of anilines is 1. The standard InChI is InChI=1S/C17H26ClN5O2/c1-12-10-22(11-13(2)25-12)8-5-19-16(24)15-14(18)9-20-17(21-15)23-6-3-4-7-23/h9,12-13H,3-8,10-11H2,1-2H3,(H,19,24)/t12-,13-/m0/s1. The highest BCUT2D eigenvalue weighted by molar-refractivity contribution is 6.33. The minimum atomic E-state index is -0.248. The number of hydrogen-bond acceptors (Lipinski definition) is 6. The zero-order valence-corrected chi connectivity index (χ0v) is 15.6. The fourth-order valence-electron chi connectivity index (χ4n) is 3.46. The summed E-state index contributed by atoms with van der Waals surface area (Å²) in [4.78, 5) is 25.5. The molecule has 0 aliphatic carbocycles. The van der Waals surface area contributed by atoms with E-state index < -0.39 is 0 Å². The molecule has 0 bridgehead atoms. The van der Waals surface area contributed by atoms with Crippen molar-refractivity contribution in [3.05, 3.63) is 16.9 Å². The molecule has 8 heteroatoms. The number of ether oxygens (including phenoxy) is 1. The van der Waals surface area contributed by atoms with Crippen LogP contribution in [0, 0.1) is 0 Å². The quantitative estimate of drug-likeness (QED) is 0.851. The largest absolute Gasteiger partial charge is 0.373 e. The first kappa shape index (κ1) is 18.4. The summed E-state index contributed by atoms with van der Waals surface area (Å²) in [5.74, 6) is 0.338. The molecular weight excluding hydrogens is 342 g/mol. The van der Waals surface area contributed by atoms with E-state index in [1.54, 1.807) is 0 Å². The van der Waals surface area contributed by atoms with Gasteiger partial charge in [-0.2, -0.15) is 0 Å². The zero-order chi connectivity index (χ0) is 17.8. The van der Waals surface area contributed by atoms with Gasteiger partial charge in [0.25, 0.3) is 5.91 Å². The molecule has 3 rings (SSSR count). The lowest BCUT2D eigenvalue weighted by Crippen LogP contribution is -2.47. The highest BCUT2D eigenvalue weighted by Crippen LogP contribution is 2.19. The third kappa shape index (κ3) is 4.80. The topological polar surface area (TPSA) is 70.6 Å². The maximum absolute atomic E-state index is 12.5. The van der Waals surface area contributed by atoms with Gasteiger partial charge in [0.1, 0.15) is 0 Å². The Morgan fingerprint density at radius 1 is 1.32 bits per heavy atom. The molecule has 1 aromatic rings. The van der Waals surface area contributed by atoms with Crippen molar-refractivity contribution in [1.29, 1.82) is 0 Å². The van der Waals surface area contributed by atoms with Crippen LogP contribution >= 0.6 is 11.6 Å². The molecule has 0 radical (unpaired) electrons. The van der Waals surface area contributed by atoms with Crippen molar-refractivity contribution in [3.63, 3.8) is 0 Å². The van der Waals surface area contributed by atoms with E-state index in [4.69, 9.17) is 16.3 Å². The number of nitrogens with zero attached hydrogens (tertiary/aromatic N) is 4. The predicted octanol–water partition coefficient (Wildman–Crippen LogP) is 1.57. The van der Waals surface area contributed by atoms with Gasteiger partial charge in [-0.05, 0) is 26.7 Å². The second-order valence-electron chi connectivity index (χ2n) is 6.83. The van der Waals surface area contributed by atoms with Gasteiger partial charge in [0.15, 0.2) is 5.69 Å². The Kier molecular flexibility index (Phi) is 6.09. The van der Waals surface area contributed by atoms with Crippen LogP contribution < -0.4 is 10.2 Å². The summed E-state index contributed by atoms with van der Waals surface area (Å²) in [5.41, 5.74) is 0.252. The van der Waals surface area contributed by atoms with Crippen LogP contribution in [0.2, 0.25) is 5.02 Å². The fourth-order valence-corrected chi connectivity index (χ4v) is 3.64. The molecule has 1 amide bonds. The van der Waals surface area contributed by atoms with Crippen molar-refractivity contribution in [2.45, 2.75) is 38.9 Å². The highest BCUT2D eigenvalue weighted by atomic mass is 35.5. The second kappa shape index (κ2) is 8.29. The summed E-state index contributed by atoms with van der Waals surface area (Å²) in [7, 11) is 0. The molecule has 25 heavy (non-hydrogen) atoms. The first-order valence-electron chi connectivity index (χ1n) is 8.96. The van der Waals surface area contributed by atoms with Gasteiger partial charge >= 0.3 is 0 Å². The molecule has 7 nitrogen and oxygen atoms in total. The third-order valence-electron chi connectivity index (χ3n) is 4.54. The Balaban J connectivity index is 1.55. The molecule has 0 unspecified atom stereocenters. The average molecular weight is 368 g/mol. The summed E-state index contributed by atoms with van der Waals surface area (Å²) in [5, 5.41) is 3.21.